The maximum atomic E-state index is 7.33. The number of nitrogen functional groups attached to an aromatic ring is 1. The lowest BCUT2D eigenvalue weighted by molar-refractivity contribution is 1.04. The molecule has 0 amide bonds. The minimum absolute atomic E-state index is 0.262. The minimum atomic E-state index is 0.262. The van der Waals surface area contributed by atoms with Crippen molar-refractivity contribution in [3.05, 3.63) is 47.7 Å². The van der Waals surface area contributed by atoms with Gasteiger partial charge in [-0.05, 0) is 18.6 Å². The van der Waals surface area contributed by atoms with Gasteiger partial charge in [-0.3, -0.25) is 0 Å². The van der Waals surface area contributed by atoms with Crippen LogP contribution in [-0.4, -0.2) is 16.4 Å². The summed E-state index contributed by atoms with van der Waals surface area (Å²) in [6, 6.07) is 9.68. The number of hydrogen-bond donors (Lipinski definition) is 3. The Kier molecular flexibility index (Phi) is 3.56. The van der Waals surface area contributed by atoms with Crippen LogP contribution in [0.2, 0.25) is 0 Å². The van der Waals surface area contributed by atoms with Crippen molar-refractivity contribution in [3.63, 3.8) is 0 Å². The molecule has 2 rings (SSSR count). The molecule has 5 N–H and O–H groups in total. The Labute approximate surface area is 111 Å². The number of aryl methyl sites for hydroxylation is 1. The molecule has 0 spiro atoms. The zero-order chi connectivity index (χ0) is 13.8. The van der Waals surface area contributed by atoms with Crippen LogP contribution < -0.4 is 11.5 Å². The smallest absolute Gasteiger partial charge is 0.154 e. The standard InChI is InChI=1S/C14H15N5/c1-9-4-2-3-5-11(9)13-6-12(10(7-15)8-16)14(17)19-18-13/h2-8,15H,16H2,1H3,(H2,17,19). The Hall–Kier alpha value is -2.69. The van der Waals surface area contributed by atoms with Gasteiger partial charge < -0.3 is 16.9 Å². The van der Waals surface area contributed by atoms with Gasteiger partial charge in [0.05, 0.1) is 5.69 Å². The molecule has 0 bridgehead atoms. The Morgan fingerprint density at radius 2 is 2.00 bits per heavy atom. The molecule has 0 fully saturated rings. The molecule has 0 aliphatic carbocycles. The molecular weight excluding hydrogens is 238 g/mol. The van der Waals surface area contributed by atoms with E-state index in [0.717, 1.165) is 17.3 Å². The highest BCUT2D eigenvalue weighted by atomic mass is 15.1. The minimum Gasteiger partial charge on any atom is -0.404 e. The van der Waals surface area contributed by atoms with E-state index in [0.29, 0.717) is 16.8 Å². The van der Waals surface area contributed by atoms with Crippen molar-refractivity contribution >= 4 is 17.6 Å². The second-order valence-corrected chi connectivity index (χ2v) is 4.11. The van der Waals surface area contributed by atoms with E-state index in [9.17, 15) is 0 Å². The molecule has 5 heteroatoms. The van der Waals surface area contributed by atoms with Crippen LogP contribution in [0.4, 0.5) is 5.82 Å². The van der Waals surface area contributed by atoms with E-state index >= 15 is 0 Å². The number of allylic oxidation sites excluding steroid dienone is 1. The molecule has 0 radical (unpaired) electrons. The first kappa shape index (κ1) is 12.8. The normalized spacial score (nSPS) is 11.3. The van der Waals surface area contributed by atoms with Crippen molar-refractivity contribution in [2.75, 3.05) is 5.73 Å². The van der Waals surface area contributed by atoms with E-state index < -0.39 is 0 Å². The van der Waals surface area contributed by atoms with Gasteiger partial charge in [0.15, 0.2) is 5.82 Å². The average molecular weight is 253 g/mol. The van der Waals surface area contributed by atoms with Crippen molar-refractivity contribution in [1.82, 2.24) is 10.2 Å². The highest BCUT2D eigenvalue weighted by molar-refractivity contribution is 6.10. The molecule has 2 aromatic rings. The van der Waals surface area contributed by atoms with E-state index in [4.69, 9.17) is 16.9 Å². The molecule has 0 atom stereocenters. The van der Waals surface area contributed by atoms with Crippen LogP contribution >= 0.6 is 0 Å². The summed E-state index contributed by atoms with van der Waals surface area (Å²) >= 11 is 0. The van der Waals surface area contributed by atoms with E-state index in [2.05, 4.69) is 10.2 Å². The maximum absolute atomic E-state index is 7.33. The van der Waals surface area contributed by atoms with Crippen LogP contribution in [0.3, 0.4) is 0 Å². The number of nitrogens with zero attached hydrogens (tertiary/aromatic N) is 2. The summed E-state index contributed by atoms with van der Waals surface area (Å²) in [6.45, 7) is 2.00. The van der Waals surface area contributed by atoms with E-state index in [1.807, 2.05) is 31.2 Å². The van der Waals surface area contributed by atoms with Gasteiger partial charge in [0.2, 0.25) is 0 Å². The third-order valence-electron chi connectivity index (χ3n) is 2.89. The molecular formula is C14H15N5. The fourth-order valence-corrected chi connectivity index (χ4v) is 1.84. The van der Waals surface area contributed by atoms with Crippen LogP contribution in [0, 0.1) is 12.3 Å². The summed E-state index contributed by atoms with van der Waals surface area (Å²) in [5.41, 5.74) is 15.2. The van der Waals surface area contributed by atoms with Crippen LogP contribution in [0.5, 0.6) is 0 Å². The highest BCUT2D eigenvalue weighted by Gasteiger charge is 2.10. The summed E-state index contributed by atoms with van der Waals surface area (Å²) in [6.07, 6.45) is 2.48. The third kappa shape index (κ3) is 2.44. The van der Waals surface area contributed by atoms with Crippen molar-refractivity contribution in [3.8, 4) is 11.3 Å². The van der Waals surface area contributed by atoms with Gasteiger partial charge in [-0.15, -0.1) is 10.2 Å². The summed E-state index contributed by atoms with van der Waals surface area (Å²) in [5.74, 6) is 0.262. The first-order valence-electron chi connectivity index (χ1n) is 5.79. The number of anilines is 1. The van der Waals surface area contributed by atoms with Crippen molar-refractivity contribution in [2.45, 2.75) is 6.92 Å². The van der Waals surface area contributed by atoms with Gasteiger partial charge in [-0.25, -0.2) is 0 Å². The molecule has 0 unspecified atom stereocenters. The van der Waals surface area contributed by atoms with E-state index in [1.165, 1.54) is 6.20 Å². The lowest BCUT2D eigenvalue weighted by Crippen LogP contribution is -2.03. The lowest BCUT2D eigenvalue weighted by Gasteiger charge is -2.08. The zero-order valence-electron chi connectivity index (χ0n) is 10.6. The number of nitrogens with two attached hydrogens (primary N) is 2. The molecule has 0 aliphatic rings. The van der Waals surface area contributed by atoms with Gasteiger partial charge in [-0.2, -0.15) is 0 Å². The van der Waals surface area contributed by atoms with Gasteiger partial charge in [0.1, 0.15) is 0 Å². The zero-order valence-corrected chi connectivity index (χ0v) is 10.6. The van der Waals surface area contributed by atoms with Gasteiger partial charge in [0.25, 0.3) is 0 Å². The number of aromatic nitrogens is 2. The summed E-state index contributed by atoms with van der Waals surface area (Å²) < 4.78 is 0. The molecule has 0 aliphatic heterocycles. The molecule has 0 saturated carbocycles. The Bertz CT molecular complexity index is 646. The molecule has 1 aromatic heterocycles. The molecule has 0 saturated heterocycles. The fourth-order valence-electron chi connectivity index (χ4n) is 1.84. The first-order valence-corrected chi connectivity index (χ1v) is 5.79. The Morgan fingerprint density at radius 3 is 2.63 bits per heavy atom. The molecule has 96 valence electrons. The van der Waals surface area contributed by atoms with E-state index in [-0.39, 0.29) is 5.82 Å². The number of rotatable bonds is 3. The number of hydrogen-bond acceptors (Lipinski definition) is 5. The number of benzene rings is 1. The SMILES string of the molecule is Cc1ccccc1-c1cc(C(C=N)=CN)c(N)nn1. The summed E-state index contributed by atoms with van der Waals surface area (Å²) in [4.78, 5) is 0. The largest absolute Gasteiger partial charge is 0.404 e. The second-order valence-electron chi connectivity index (χ2n) is 4.11. The van der Waals surface area contributed by atoms with Crippen LogP contribution in [-0.2, 0) is 0 Å². The first-order chi connectivity index (χ1) is 9.17. The van der Waals surface area contributed by atoms with Gasteiger partial charge >= 0.3 is 0 Å². The molecule has 19 heavy (non-hydrogen) atoms. The van der Waals surface area contributed by atoms with Gasteiger partial charge in [0, 0.05) is 29.1 Å². The predicted octanol–water partition coefficient (Wildman–Crippen LogP) is 1.98. The summed E-state index contributed by atoms with van der Waals surface area (Å²) in [5, 5.41) is 15.4. The lowest BCUT2D eigenvalue weighted by atomic mass is 10.0. The van der Waals surface area contributed by atoms with Crippen molar-refractivity contribution in [2.24, 2.45) is 5.73 Å². The van der Waals surface area contributed by atoms with Crippen LogP contribution in [0.25, 0.3) is 16.8 Å². The van der Waals surface area contributed by atoms with Crippen LogP contribution in [0.1, 0.15) is 11.1 Å². The predicted molar refractivity (Wildman–Crippen MR) is 77.6 cm³/mol. The van der Waals surface area contributed by atoms with E-state index in [1.54, 1.807) is 6.07 Å². The molecule has 1 aromatic carbocycles. The monoisotopic (exact) mass is 253 g/mol. The Balaban J connectivity index is 2.59. The maximum Gasteiger partial charge on any atom is 0.154 e. The second kappa shape index (κ2) is 5.30. The van der Waals surface area contributed by atoms with Gasteiger partial charge in [-0.1, -0.05) is 24.3 Å². The number of nitrogens with one attached hydrogen (secondary N) is 1. The fraction of sp³-hybridized carbons (Fsp3) is 0.0714. The highest BCUT2D eigenvalue weighted by Crippen LogP contribution is 2.25. The Morgan fingerprint density at radius 1 is 1.26 bits per heavy atom. The summed E-state index contributed by atoms with van der Waals surface area (Å²) in [7, 11) is 0. The average Bonchev–Trinajstić information content (AvgIpc) is 2.43. The molecule has 1 heterocycles. The quantitative estimate of drug-likeness (QED) is 0.728. The molecule has 5 nitrogen and oxygen atoms in total. The van der Waals surface area contributed by atoms with Crippen LogP contribution in [0.15, 0.2) is 36.5 Å². The third-order valence-corrected chi connectivity index (χ3v) is 2.89. The van der Waals surface area contributed by atoms with Crippen molar-refractivity contribution in [1.29, 1.82) is 5.41 Å². The topological polar surface area (TPSA) is 102 Å². The van der Waals surface area contributed by atoms with Crippen molar-refractivity contribution < 1.29 is 0 Å².